The van der Waals surface area contributed by atoms with Crippen molar-refractivity contribution in [3.63, 3.8) is 0 Å². The highest BCUT2D eigenvalue weighted by Gasteiger charge is 2.13. The first kappa shape index (κ1) is 13.8. The molecule has 0 aliphatic heterocycles. The second kappa shape index (κ2) is 5.56. The average molecular weight is 253 g/mol. The van der Waals surface area contributed by atoms with Gasteiger partial charge in [0.25, 0.3) is 0 Å². The molecule has 0 aromatic carbocycles. The van der Waals surface area contributed by atoms with Gasteiger partial charge >= 0.3 is 0 Å². The number of aromatic nitrogens is 1. The zero-order chi connectivity index (χ0) is 13.9. The summed E-state index contributed by atoms with van der Waals surface area (Å²) in [5, 5.41) is 0. The van der Waals surface area contributed by atoms with E-state index in [0.717, 1.165) is 18.5 Å². The summed E-state index contributed by atoms with van der Waals surface area (Å²) in [6, 6.07) is 6.25. The van der Waals surface area contributed by atoms with Crippen molar-refractivity contribution in [1.82, 2.24) is 4.98 Å². The smallest absolute Gasteiger partial charge is 0.0410 e. The lowest BCUT2D eigenvalue weighted by Gasteiger charge is -2.15. The Morgan fingerprint density at radius 2 is 1.89 bits per heavy atom. The Kier molecular flexibility index (Phi) is 4.04. The monoisotopic (exact) mass is 253 g/mol. The molecule has 100 valence electrons. The van der Waals surface area contributed by atoms with Gasteiger partial charge in [-0.15, -0.1) is 0 Å². The first-order chi connectivity index (χ1) is 8.94. The van der Waals surface area contributed by atoms with Crippen molar-refractivity contribution in [3.05, 3.63) is 65.0 Å². The van der Waals surface area contributed by atoms with E-state index in [9.17, 15) is 0 Å². The zero-order valence-electron chi connectivity index (χ0n) is 12.4. The molecule has 1 heteroatoms. The van der Waals surface area contributed by atoms with E-state index in [4.69, 9.17) is 0 Å². The SMILES string of the molecule is CC1=CC(CCc2cccc(C)n2)=CC(C)(C)C=C1. The van der Waals surface area contributed by atoms with Crippen LogP contribution in [0.1, 0.15) is 38.6 Å². The maximum absolute atomic E-state index is 4.57. The van der Waals surface area contributed by atoms with E-state index in [1.165, 1.54) is 16.8 Å². The second-order valence-electron chi connectivity index (χ2n) is 6.03. The molecule has 1 nitrogen and oxygen atoms in total. The van der Waals surface area contributed by atoms with Crippen LogP contribution in [-0.2, 0) is 6.42 Å². The van der Waals surface area contributed by atoms with Crippen LogP contribution in [0.2, 0.25) is 0 Å². The summed E-state index contributed by atoms with van der Waals surface area (Å²) in [6.45, 7) is 8.71. The fourth-order valence-electron chi connectivity index (χ4n) is 2.41. The van der Waals surface area contributed by atoms with Gasteiger partial charge in [-0.05, 0) is 38.8 Å². The van der Waals surface area contributed by atoms with Gasteiger partial charge in [0, 0.05) is 16.8 Å². The largest absolute Gasteiger partial charge is 0.258 e. The van der Waals surface area contributed by atoms with Gasteiger partial charge in [0.1, 0.15) is 0 Å². The number of hydrogen-bond acceptors (Lipinski definition) is 1. The molecule has 0 N–H and O–H groups in total. The third-order valence-corrected chi connectivity index (χ3v) is 3.36. The van der Waals surface area contributed by atoms with E-state index in [0.29, 0.717) is 0 Å². The van der Waals surface area contributed by atoms with Gasteiger partial charge in [0.2, 0.25) is 0 Å². The van der Waals surface area contributed by atoms with Crippen LogP contribution in [0.5, 0.6) is 0 Å². The second-order valence-corrected chi connectivity index (χ2v) is 6.03. The summed E-state index contributed by atoms with van der Waals surface area (Å²) in [6.07, 6.45) is 11.2. The molecule has 1 aliphatic rings. The average Bonchev–Trinajstić information content (AvgIpc) is 2.46. The van der Waals surface area contributed by atoms with Gasteiger partial charge in [-0.1, -0.05) is 55.4 Å². The van der Waals surface area contributed by atoms with Crippen molar-refractivity contribution in [2.24, 2.45) is 5.41 Å². The summed E-state index contributed by atoms with van der Waals surface area (Å²) < 4.78 is 0. The topological polar surface area (TPSA) is 12.9 Å². The van der Waals surface area contributed by atoms with Crippen LogP contribution in [0.25, 0.3) is 0 Å². The summed E-state index contributed by atoms with van der Waals surface area (Å²) >= 11 is 0. The molecule has 1 aliphatic carbocycles. The molecule has 2 rings (SSSR count). The first-order valence-electron chi connectivity index (χ1n) is 6.96. The quantitative estimate of drug-likeness (QED) is 0.754. The number of rotatable bonds is 3. The van der Waals surface area contributed by atoms with Crippen molar-refractivity contribution < 1.29 is 0 Å². The highest BCUT2D eigenvalue weighted by molar-refractivity contribution is 5.36. The highest BCUT2D eigenvalue weighted by atomic mass is 14.7. The minimum absolute atomic E-state index is 0.142. The zero-order valence-corrected chi connectivity index (χ0v) is 12.4. The molecule has 0 atom stereocenters. The van der Waals surface area contributed by atoms with Crippen LogP contribution >= 0.6 is 0 Å². The fourth-order valence-corrected chi connectivity index (χ4v) is 2.41. The van der Waals surface area contributed by atoms with Crippen molar-refractivity contribution >= 4 is 0 Å². The molecule has 1 aromatic heterocycles. The molecule has 0 amide bonds. The van der Waals surface area contributed by atoms with E-state index in [1.54, 1.807) is 0 Å². The van der Waals surface area contributed by atoms with Crippen LogP contribution in [0.15, 0.2) is 53.6 Å². The normalized spacial score (nSPS) is 17.7. The number of nitrogens with zero attached hydrogens (tertiary/aromatic N) is 1. The lowest BCUT2D eigenvalue weighted by atomic mass is 9.90. The Hall–Kier alpha value is -1.63. The highest BCUT2D eigenvalue weighted by Crippen LogP contribution is 2.27. The minimum atomic E-state index is 0.142. The number of hydrogen-bond donors (Lipinski definition) is 0. The first-order valence-corrected chi connectivity index (χ1v) is 6.96. The number of pyridine rings is 1. The van der Waals surface area contributed by atoms with Gasteiger partial charge in [0.05, 0.1) is 0 Å². The molecule has 0 fully saturated rings. The molecular formula is C18H23N. The van der Waals surface area contributed by atoms with Crippen molar-refractivity contribution in [2.75, 3.05) is 0 Å². The van der Waals surface area contributed by atoms with E-state index < -0.39 is 0 Å². The Labute approximate surface area is 116 Å². The van der Waals surface area contributed by atoms with Crippen molar-refractivity contribution in [2.45, 2.75) is 40.5 Å². The molecule has 0 spiro atoms. The maximum atomic E-state index is 4.57. The van der Waals surface area contributed by atoms with Crippen LogP contribution < -0.4 is 0 Å². The molecular weight excluding hydrogens is 230 g/mol. The van der Waals surface area contributed by atoms with Gasteiger partial charge in [-0.2, -0.15) is 0 Å². The molecule has 0 saturated carbocycles. The van der Waals surface area contributed by atoms with Crippen LogP contribution in [0, 0.1) is 12.3 Å². The summed E-state index contributed by atoms with van der Waals surface area (Å²) in [5.41, 5.74) is 5.16. The summed E-state index contributed by atoms with van der Waals surface area (Å²) in [5.74, 6) is 0. The number of allylic oxidation sites excluding steroid dienone is 6. The van der Waals surface area contributed by atoms with Gasteiger partial charge in [-0.25, -0.2) is 0 Å². The lowest BCUT2D eigenvalue weighted by Crippen LogP contribution is -2.03. The summed E-state index contributed by atoms with van der Waals surface area (Å²) in [4.78, 5) is 4.57. The molecule has 0 saturated heterocycles. The maximum Gasteiger partial charge on any atom is 0.0410 e. The van der Waals surface area contributed by atoms with Gasteiger partial charge < -0.3 is 0 Å². The molecule has 0 unspecified atom stereocenters. The standard InChI is InChI=1S/C18H23N/c1-14-10-11-18(3,4)13-16(12-14)8-9-17-7-5-6-15(2)19-17/h5-7,10-13H,8-9H2,1-4H3. The molecule has 0 radical (unpaired) electrons. The third-order valence-electron chi connectivity index (χ3n) is 3.36. The van der Waals surface area contributed by atoms with Gasteiger partial charge in [-0.3, -0.25) is 4.98 Å². The van der Waals surface area contributed by atoms with Gasteiger partial charge in [0.15, 0.2) is 0 Å². The van der Waals surface area contributed by atoms with E-state index in [1.807, 2.05) is 13.0 Å². The predicted octanol–water partition coefficient (Wildman–Crippen LogP) is 4.79. The molecule has 19 heavy (non-hydrogen) atoms. The third kappa shape index (κ3) is 4.20. The van der Waals surface area contributed by atoms with E-state index in [-0.39, 0.29) is 5.41 Å². The van der Waals surface area contributed by atoms with Crippen molar-refractivity contribution in [3.8, 4) is 0 Å². The predicted molar refractivity (Wildman–Crippen MR) is 82.1 cm³/mol. The summed E-state index contributed by atoms with van der Waals surface area (Å²) in [7, 11) is 0. The van der Waals surface area contributed by atoms with Crippen molar-refractivity contribution in [1.29, 1.82) is 0 Å². The Morgan fingerprint density at radius 3 is 2.63 bits per heavy atom. The Bertz CT molecular complexity index is 545. The fraction of sp³-hybridized carbons (Fsp3) is 0.389. The molecule has 1 aromatic rings. The lowest BCUT2D eigenvalue weighted by molar-refractivity contribution is 0.620. The van der Waals surface area contributed by atoms with E-state index >= 15 is 0 Å². The van der Waals surface area contributed by atoms with E-state index in [2.05, 4.69) is 62.2 Å². The Morgan fingerprint density at radius 1 is 1.11 bits per heavy atom. The molecule has 1 heterocycles. The van der Waals surface area contributed by atoms with Crippen LogP contribution in [-0.4, -0.2) is 4.98 Å². The number of aryl methyl sites for hydroxylation is 2. The Balaban J connectivity index is 2.10. The minimum Gasteiger partial charge on any atom is -0.258 e. The van der Waals surface area contributed by atoms with Crippen LogP contribution in [0.3, 0.4) is 0 Å². The van der Waals surface area contributed by atoms with Crippen LogP contribution in [0.4, 0.5) is 0 Å². The molecule has 0 bridgehead atoms.